The summed E-state index contributed by atoms with van der Waals surface area (Å²) in [5, 5.41) is 3.85. The van der Waals surface area contributed by atoms with Crippen molar-refractivity contribution < 1.29 is 18.7 Å². The van der Waals surface area contributed by atoms with Gasteiger partial charge in [-0.3, -0.25) is 9.48 Å². The Kier molecular flexibility index (Phi) is 4.19. The van der Waals surface area contributed by atoms with E-state index in [1.807, 2.05) is 0 Å². The number of anilines is 1. The van der Waals surface area contributed by atoms with Crippen LogP contribution in [-0.4, -0.2) is 22.9 Å². The van der Waals surface area contributed by atoms with E-state index in [0.29, 0.717) is 11.4 Å². The first-order valence-electron chi connectivity index (χ1n) is 5.84. The van der Waals surface area contributed by atoms with E-state index in [1.54, 1.807) is 6.07 Å². The highest BCUT2D eigenvalue weighted by atomic mass is 19.1. The third-order valence-electron chi connectivity index (χ3n) is 2.59. The molecule has 0 fully saturated rings. The van der Waals surface area contributed by atoms with Gasteiger partial charge in [0.2, 0.25) is 0 Å². The van der Waals surface area contributed by atoms with Crippen LogP contribution in [-0.2, 0) is 22.7 Å². The van der Waals surface area contributed by atoms with Gasteiger partial charge in [0.1, 0.15) is 24.7 Å². The number of carbonyl (C=O) groups is 1. The van der Waals surface area contributed by atoms with Gasteiger partial charge in [-0.2, -0.15) is 5.10 Å². The second-order valence-corrected chi connectivity index (χ2v) is 4.09. The van der Waals surface area contributed by atoms with Gasteiger partial charge >= 0.3 is 5.97 Å². The van der Waals surface area contributed by atoms with Gasteiger partial charge in [-0.1, -0.05) is 0 Å². The Hall–Kier alpha value is -2.57. The monoisotopic (exact) mass is 279 g/mol. The molecular weight excluding hydrogens is 265 g/mol. The number of ether oxygens (including phenoxy) is 2. The minimum Gasteiger partial charge on any atom is -0.497 e. The van der Waals surface area contributed by atoms with Crippen molar-refractivity contribution in [3.63, 3.8) is 0 Å². The molecule has 1 aromatic carbocycles. The van der Waals surface area contributed by atoms with Crippen molar-refractivity contribution in [2.75, 3.05) is 12.8 Å². The number of nitrogens with zero attached hydrogens (tertiary/aromatic N) is 2. The lowest BCUT2D eigenvalue weighted by atomic mass is 10.2. The summed E-state index contributed by atoms with van der Waals surface area (Å²) in [6, 6.07) is 4.34. The maximum Gasteiger partial charge on any atom is 0.328 e. The molecule has 2 rings (SSSR count). The smallest absolute Gasteiger partial charge is 0.328 e. The topological polar surface area (TPSA) is 79.4 Å². The Morgan fingerprint density at radius 2 is 2.30 bits per heavy atom. The molecule has 1 aromatic heterocycles. The van der Waals surface area contributed by atoms with Gasteiger partial charge in [-0.15, -0.1) is 0 Å². The summed E-state index contributed by atoms with van der Waals surface area (Å²) < 4.78 is 24.8. The number of nitrogen functional groups attached to an aromatic ring is 1. The largest absolute Gasteiger partial charge is 0.497 e. The molecule has 0 bridgehead atoms. The Balaban J connectivity index is 1.90. The molecule has 2 aromatic rings. The van der Waals surface area contributed by atoms with E-state index < -0.39 is 11.8 Å². The maximum atomic E-state index is 13.6. The summed E-state index contributed by atoms with van der Waals surface area (Å²) in [7, 11) is 1.45. The van der Waals surface area contributed by atoms with E-state index in [1.165, 1.54) is 36.3 Å². The lowest BCUT2D eigenvalue weighted by Gasteiger charge is -2.07. The van der Waals surface area contributed by atoms with Crippen molar-refractivity contribution in [1.82, 2.24) is 9.78 Å². The summed E-state index contributed by atoms with van der Waals surface area (Å²) in [4.78, 5) is 11.6. The molecule has 0 radical (unpaired) electrons. The van der Waals surface area contributed by atoms with Crippen LogP contribution in [0.4, 0.5) is 10.1 Å². The van der Waals surface area contributed by atoms with Crippen LogP contribution in [0.3, 0.4) is 0 Å². The van der Waals surface area contributed by atoms with Gasteiger partial charge < -0.3 is 15.2 Å². The first kappa shape index (κ1) is 13.9. The zero-order valence-electron chi connectivity index (χ0n) is 10.9. The van der Waals surface area contributed by atoms with Gasteiger partial charge in [0, 0.05) is 17.8 Å². The molecule has 0 aliphatic heterocycles. The SMILES string of the molecule is COc1ccc(COC(=O)Cn2cc(N)cn2)c(F)c1. The minimum atomic E-state index is -0.525. The molecule has 0 aliphatic rings. The maximum absolute atomic E-state index is 13.6. The Morgan fingerprint density at radius 3 is 2.90 bits per heavy atom. The van der Waals surface area contributed by atoms with Crippen LogP contribution in [0.2, 0.25) is 0 Å². The molecule has 106 valence electrons. The number of methoxy groups -OCH3 is 1. The molecule has 0 saturated carbocycles. The molecule has 0 spiro atoms. The van der Waals surface area contributed by atoms with E-state index in [2.05, 4.69) is 5.10 Å². The van der Waals surface area contributed by atoms with Gasteiger partial charge in [0.15, 0.2) is 0 Å². The summed E-state index contributed by atoms with van der Waals surface area (Å²) in [5.74, 6) is -0.603. The third kappa shape index (κ3) is 3.47. The normalized spacial score (nSPS) is 10.3. The number of esters is 1. The molecule has 2 N–H and O–H groups in total. The molecule has 20 heavy (non-hydrogen) atoms. The van der Waals surface area contributed by atoms with Crippen LogP contribution in [0.1, 0.15) is 5.56 Å². The molecule has 0 saturated heterocycles. The summed E-state index contributed by atoms with van der Waals surface area (Å²) >= 11 is 0. The van der Waals surface area contributed by atoms with Crippen LogP contribution in [0.25, 0.3) is 0 Å². The number of halogens is 1. The van der Waals surface area contributed by atoms with Gasteiger partial charge in [0.25, 0.3) is 0 Å². The fraction of sp³-hybridized carbons (Fsp3) is 0.231. The molecule has 0 unspecified atom stereocenters. The Bertz CT molecular complexity index is 613. The summed E-state index contributed by atoms with van der Waals surface area (Å²) in [6.45, 7) is -0.222. The average Bonchev–Trinajstić information content (AvgIpc) is 2.82. The fourth-order valence-corrected chi connectivity index (χ4v) is 1.57. The minimum absolute atomic E-state index is 0.0744. The van der Waals surface area contributed by atoms with Crippen molar-refractivity contribution in [3.8, 4) is 5.75 Å². The number of benzene rings is 1. The highest BCUT2D eigenvalue weighted by Crippen LogP contribution is 2.16. The molecule has 0 atom stereocenters. The van der Waals surface area contributed by atoms with Crippen molar-refractivity contribution in [1.29, 1.82) is 0 Å². The van der Waals surface area contributed by atoms with E-state index in [9.17, 15) is 9.18 Å². The quantitative estimate of drug-likeness (QED) is 0.836. The van der Waals surface area contributed by atoms with Crippen molar-refractivity contribution in [2.45, 2.75) is 13.2 Å². The van der Waals surface area contributed by atoms with E-state index in [-0.39, 0.29) is 18.7 Å². The van der Waals surface area contributed by atoms with E-state index in [0.717, 1.165) is 0 Å². The Labute approximate surface area is 114 Å². The predicted molar refractivity (Wildman–Crippen MR) is 69.4 cm³/mol. The lowest BCUT2D eigenvalue weighted by molar-refractivity contribution is -0.145. The van der Waals surface area contributed by atoms with Crippen LogP contribution < -0.4 is 10.5 Å². The first-order valence-corrected chi connectivity index (χ1v) is 5.84. The predicted octanol–water partition coefficient (Wildman–Crippen LogP) is 1.36. The molecule has 7 heteroatoms. The van der Waals surface area contributed by atoms with E-state index in [4.69, 9.17) is 15.2 Å². The second kappa shape index (κ2) is 6.05. The van der Waals surface area contributed by atoms with Crippen molar-refractivity contribution in [3.05, 3.63) is 42.0 Å². The number of aromatic nitrogens is 2. The van der Waals surface area contributed by atoms with Crippen LogP contribution in [0, 0.1) is 5.82 Å². The first-order chi connectivity index (χ1) is 9.58. The number of hydrogen-bond donors (Lipinski definition) is 1. The average molecular weight is 279 g/mol. The standard InChI is InChI=1S/C13H14FN3O3/c1-19-11-3-2-9(12(14)4-11)8-20-13(18)7-17-6-10(15)5-16-17/h2-6H,7-8,15H2,1H3. The molecular formula is C13H14FN3O3. The number of carbonyl (C=O) groups excluding carboxylic acids is 1. The van der Waals surface area contributed by atoms with Crippen molar-refractivity contribution >= 4 is 11.7 Å². The van der Waals surface area contributed by atoms with Gasteiger partial charge in [0.05, 0.1) is 19.0 Å². The van der Waals surface area contributed by atoms with Crippen molar-refractivity contribution in [2.24, 2.45) is 0 Å². The van der Waals surface area contributed by atoms with Crippen LogP contribution in [0.15, 0.2) is 30.6 Å². The number of hydrogen-bond acceptors (Lipinski definition) is 5. The zero-order valence-corrected chi connectivity index (χ0v) is 10.9. The highest BCUT2D eigenvalue weighted by molar-refractivity contribution is 5.69. The highest BCUT2D eigenvalue weighted by Gasteiger charge is 2.09. The summed E-state index contributed by atoms with van der Waals surface area (Å²) in [6.07, 6.45) is 2.94. The van der Waals surface area contributed by atoms with Gasteiger partial charge in [-0.25, -0.2) is 4.39 Å². The Morgan fingerprint density at radius 1 is 1.50 bits per heavy atom. The number of rotatable bonds is 5. The molecule has 0 aliphatic carbocycles. The van der Waals surface area contributed by atoms with Crippen LogP contribution in [0.5, 0.6) is 5.75 Å². The summed E-state index contributed by atoms with van der Waals surface area (Å²) in [5.41, 5.74) is 6.20. The molecule has 6 nitrogen and oxygen atoms in total. The second-order valence-electron chi connectivity index (χ2n) is 4.09. The molecule has 1 heterocycles. The number of nitrogens with two attached hydrogens (primary N) is 1. The lowest BCUT2D eigenvalue weighted by Crippen LogP contribution is -2.14. The third-order valence-corrected chi connectivity index (χ3v) is 2.59. The van der Waals surface area contributed by atoms with Crippen LogP contribution >= 0.6 is 0 Å². The fourth-order valence-electron chi connectivity index (χ4n) is 1.57. The molecule has 0 amide bonds. The zero-order chi connectivity index (χ0) is 14.5. The van der Waals surface area contributed by atoms with Gasteiger partial charge in [-0.05, 0) is 12.1 Å². The van der Waals surface area contributed by atoms with E-state index >= 15 is 0 Å².